The van der Waals surface area contributed by atoms with E-state index in [-0.39, 0.29) is 0 Å². The number of benzene rings is 1. The molecule has 0 saturated heterocycles. The number of hydrogen-bond donors (Lipinski definition) is 0. The van der Waals surface area contributed by atoms with Crippen LogP contribution in [0.2, 0.25) is 0 Å². The molecule has 1 aromatic carbocycles. The Hall–Kier alpha value is -2.14. The number of carbonyl (C=O) groups is 1. The summed E-state index contributed by atoms with van der Waals surface area (Å²) in [5.74, 6) is 1.47. The highest BCUT2D eigenvalue weighted by atomic mass is 79.9. The van der Waals surface area contributed by atoms with E-state index in [1.807, 2.05) is 53.9 Å². The molecule has 106 valence electrons. The fraction of sp³-hybridized carbons (Fsp3) is 0.125. The number of carbonyl (C=O) groups excluding carboxylic acids is 1. The first kappa shape index (κ1) is 13.8. The van der Waals surface area contributed by atoms with Gasteiger partial charge in [-0.1, -0.05) is 17.7 Å². The molecule has 0 N–H and O–H groups in total. The summed E-state index contributed by atoms with van der Waals surface area (Å²) in [6.45, 7) is 2.33. The number of imidazole rings is 1. The standard InChI is InChI=1S/C16H13BrN2O2/c1-11-4-6-12(7-5-11)21-10-15-18-14(9-20)16-13(17)3-2-8-19(15)16/h2-9H,10H2,1H3. The second-order valence-corrected chi connectivity index (χ2v) is 5.56. The molecule has 0 fully saturated rings. The lowest BCUT2D eigenvalue weighted by atomic mass is 10.2. The zero-order chi connectivity index (χ0) is 14.8. The quantitative estimate of drug-likeness (QED) is 0.676. The van der Waals surface area contributed by atoms with Crippen molar-refractivity contribution in [2.24, 2.45) is 0 Å². The Morgan fingerprint density at radius 2 is 2.05 bits per heavy atom. The molecule has 3 aromatic rings. The van der Waals surface area contributed by atoms with Crippen molar-refractivity contribution in [1.82, 2.24) is 9.38 Å². The van der Waals surface area contributed by atoms with Gasteiger partial charge in [0.05, 0.1) is 5.52 Å². The molecule has 0 aliphatic rings. The molecule has 0 atom stereocenters. The number of rotatable bonds is 4. The van der Waals surface area contributed by atoms with Crippen LogP contribution in [-0.4, -0.2) is 15.7 Å². The van der Waals surface area contributed by atoms with E-state index in [9.17, 15) is 4.79 Å². The minimum absolute atomic E-state index is 0.300. The van der Waals surface area contributed by atoms with Gasteiger partial charge in [0.15, 0.2) is 12.1 Å². The van der Waals surface area contributed by atoms with Crippen LogP contribution >= 0.6 is 15.9 Å². The normalized spacial score (nSPS) is 10.8. The van der Waals surface area contributed by atoms with E-state index in [0.717, 1.165) is 22.0 Å². The van der Waals surface area contributed by atoms with Crippen molar-refractivity contribution in [3.8, 4) is 5.75 Å². The third-order valence-corrected chi connectivity index (χ3v) is 3.86. The van der Waals surface area contributed by atoms with Crippen LogP contribution in [0.1, 0.15) is 21.9 Å². The molecule has 0 amide bonds. The Kier molecular flexibility index (Phi) is 3.75. The van der Waals surface area contributed by atoms with E-state index in [2.05, 4.69) is 20.9 Å². The summed E-state index contributed by atoms with van der Waals surface area (Å²) < 4.78 is 8.44. The molecule has 2 aromatic heterocycles. The van der Waals surface area contributed by atoms with Gasteiger partial charge in [0, 0.05) is 10.7 Å². The minimum atomic E-state index is 0.300. The van der Waals surface area contributed by atoms with Gasteiger partial charge in [-0.2, -0.15) is 0 Å². The molecule has 2 heterocycles. The van der Waals surface area contributed by atoms with E-state index in [0.29, 0.717) is 18.1 Å². The summed E-state index contributed by atoms with van der Waals surface area (Å²) in [4.78, 5) is 15.5. The summed E-state index contributed by atoms with van der Waals surface area (Å²) in [6, 6.07) is 11.6. The van der Waals surface area contributed by atoms with Gasteiger partial charge in [0.1, 0.15) is 18.1 Å². The molecule has 0 saturated carbocycles. The lowest BCUT2D eigenvalue weighted by Crippen LogP contribution is -2.01. The molecule has 0 spiro atoms. The summed E-state index contributed by atoms with van der Waals surface area (Å²) in [5, 5.41) is 0. The molecule has 3 rings (SSSR count). The van der Waals surface area contributed by atoms with Crippen LogP contribution in [0.15, 0.2) is 47.1 Å². The number of fused-ring (bicyclic) bond motifs is 1. The topological polar surface area (TPSA) is 43.6 Å². The smallest absolute Gasteiger partial charge is 0.170 e. The number of aryl methyl sites for hydroxylation is 1. The molecule has 0 radical (unpaired) electrons. The number of aldehydes is 1. The number of nitrogens with zero attached hydrogens (tertiary/aromatic N) is 2. The first-order valence-corrected chi connectivity index (χ1v) is 7.28. The number of pyridine rings is 1. The third-order valence-electron chi connectivity index (χ3n) is 3.22. The Bertz CT molecular complexity index is 794. The van der Waals surface area contributed by atoms with E-state index in [1.165, 1.54) is 5.56 Å². The van der Waals surface area contributed by atoms with Crippen LogP contribution in [0.25, 0.3) is 5.52 Å². The van der Waals surface area contributed by atoms with Gasteiger partial charge in [-0.15, -0.1) is 0 Å². The Morgan fingerprint density at radius 3 is 2.76 bits per heavy atom. The maximum absolute atomic E-state index is 11.2. The van der Waals surface area contributed by atoms with Gasteiger partial charge in [-0.05, 0) is 47.1 Å². The van der Waals surface area contributed by atoms with Gasteiger partial charge < -0.3 is 4.74 Å². The molecule has 0 bridgehead atoms. The van der Waals surface area contributed by atoms with Gasteiger partial charge >= 0.3 is 0 Å². The highest BCUT2D eigenvalue weighted by molar-refractivity contribution is 9.10. The number of ether oxygens (including phenoxy) is 1. The van der Waals surface area contributed by atoms with Gasteiger partial charge in [0.2, 0.25) is 0 Å². The van der Waals surface area contributed by atoms with Crippen molar-refractivity contribution in [2.75, 3.05) is 0 Å². The highest BCUT2D eigenvalue weighted by Crippen LogP contribution is 2.22. The van der Waals surface area contributed by atoms with Crippen LogP contribution in [0, 0.1) is 6.92 Å². The summed E-state index contributed by atoms with van der Waals surface area (Å²) in [5.41, 5.74) is 2.35. The SMILES string of the molecule is Cc1ccc(OCc2nc(C=O)c3c(Br)cccn23)cc1. The molecule has 0 aliphatic carbocycles. The third kappa shape index (κ3) is 2.69. The lowest BCUT2D eigenvalue weighted by Gasteiger charge is -2.06. The number of hydrogen-bond acceptors (Lipinski definition) is 3. The van der Waals surface area contributed by atoms with Crippen LogP contribution in [0.3, 0.4) is 0 Å². The van der Waals surface area contributed by atoms with Crippen LogP contribution in [0.5, 0.6) is 5.75 Å². The Morgan fingerprint density at radius 1 is 1.29 bits per heavy atom. The minimum Gasteiger partial charge on any atom is -0.486 e. The van der Waals surface area contributed by atoms with Gasteiger partial charge in [0.25, 0.3) is 0 Å². The molecule has 4 nitrogen and oxygen atoms in total. The van der Waals surface area contributed by atoms with E-state index >= 15 is 0 Å². The van der Waals surface area contributed by atoms with Crippen LogP contribution in [-0.2, 0) is 6.61 Å². The highest BCUT2D eigenvalue weighted by Gasteiger charge is 2.13. The largest absolute Gasteiger partial charge is 0.486 e. The fourth-order valence-electron chi connectivity index (χ4n) is 2.16. The van der Waals surface area contributed by atoms with E-state index in [1.54, 1.807) is 0 Å². The fourth-order valence-corrected chi connectivity index (χ4v) is 2.70. The van der Waals surface area contributed by atoms with Crippen molar-refractivity contribution in [1.29, 1.82) is 0 Å². The average Bonchev–Trinajstić information content (AvgIpc) is 2.86. The number of halogens is 1. The first-order valence-electron chi connectivity index (χ1n) is 6.49. The van der Waals surface area contributed by atoms with E-state index in [4.69, 9.17) is 4.74 Å². The maximum atomic E-state index is 11.2. The molecule has 0 aliphatic heterocycles. The maximum Gasteiger partial charge on any atom is 0.170 e. The van der Waals surface area contributed by atoms with Crippen LogP contribution < -0.4 is 4.74 Å². The molecular weight excluding hydrogens is 332 g/mol. The first-order chi connectivity index (χ1) is 10.2. The van der Waals surface area contributed by atoms with Gasteiger partial charge in [-0.25, -0.2) is 4.98 Å². The summed E-state index contributed by atoms with van der Waals surface area (Å²) in [6.07, 6.45) is 2.63. The van der Waals surface area contributed by atoms with Crippen LogP contribution in [0.4, 0.5) is 0 Å². The predicted octanol–water partition coefficient (Wildman–Crippen LogP) is 3.80. The van der Waals surface area contributed by atoms with Crippen molar-refractivity contribution in [3.63, 3.8) is 0 Å². The monoisotopic (exact) mass is 344 g/mol. The number of aromatic nitrogens is 2. The molecule has 21 heavy (non-hydrogen) atoms. The zero-order valence-corrected chi connectivity index (χ0v) is 13.0. The Balaban J connectivity index is 1.92. The molecule has 0 unspecified atom stereocenters. The Labute approximate surface area is 130 Å². The summed E-state index contributed by atoms with van der Waals surface area (Å²) in [7, 11) is 0. The zero-order valence-electron chi connectivity index (χ0n) is 11.4. The van der Waals surface area contributed by atoms with E-state index < -0.39 is 0 Å². The van der Waals surface area contributed by atoms with Crippen molar-refractivity contribution in [2.45, 2.75) is 13.5 Å². The molecule has 5 heteroatoms. The predicted molar refractivity (Wildman–Crippen MR) is 83.8 cm³/mol. The van der Waals surface area contributed by atoms with Crippen molar-refractivity contribution >= 4 is 27.7 Å². The average molecular weight is 345 g/mol. The van der Waals surface area contributed by atoms with Gasteiger partial charge in [-0.3, -0.25) is 9.20 Å². The second kappa shape index (κ2) is 5.69. The summed E-state index contributed by atoms with van der Waals surface area (Å²) >= 11 is 3.45. The lowest BCUT2D eigenvalue weighted by molar-refractivity contribution is 0.112. The van der Waals surface area contributed by atoms with Crippen molar-refractivity contribution in [3.05, 3.63) is 64.1 Å². The van der Waals surface area contributed by atoms with Crippen molar-refractivity contribution < 1.29 is 9.53 Å². The molecular formula is C16H13BrN2O2. The second-order valence-electron chi connectivity index (χ2n) is 4.71.